The Labute approximate surface area is 152 Å². The summed E-state index contributed by atoms with van der Waals surface area (Å²) in [7, 11) is 0. The molecule has 0 saturated carbocycles. The van der Waals surface area contributed by atoms with Crippen molar-refractivity contribution >= 4 is 46.3 Å². The smallest absolute Gasteiger partial charge is 0.266 e. The quantitative estimate of drug-likeness (QED) is 0.603. The van der Waals surface area contributed by atoms with Crippen molar-refractivity contribution in [2.24, 2.45) is 0 Å². The Bertz CT molecular complexity index is 888. The van der Waals surface area contributed by atoms with Gasteiger partial charge in [-0.05, 0) is 43.3 Å². The van der Waals surface area contributed by atoms with Crippen LogP contribution in [0.15, 0.2) is 45.7 Å². The van der Waals surface area contributed by atoms with E-state index in [1.54, 1.807) is 24.3 Å². The average Bonchev–Trinajstić information content (AvgIpc) is 3.13. The summed E-state index contributed by atoms with van der Waals surface area (Å²) >= 11 is 6.07. The van der Waals surface area contributed by atoms with Crippen molar-refractivity contribution in [1.29, 1.82) is 0 Å². The second-order valence-electron chi connectivity index (χ2n) is 5.26. The molecule has 0 unspecified atom stereocenters. The van der Waals surface area contributed by atoms with Crippen LogP contribution in [-0.4, -0.2) is 27.1 Å². The summed E-state index contributed by atoms with van der Waals surface area (Å²) in [4.78, 5) is 24.6. The number of amides is 1. The molecule has 1 atom stereocenters. The number of carbonyl (C=O) groups excluding carboxylic acids is 2. The molecule has 2 heterocycles. The molecule has 1 aliphatic heterocycles. The first-order valence-corrected chi connectivity index (χ1v) is 8.43. The molecule has 3 rings (SSSR count). The maximum Gasteiger partial charge on any atom is 0.266 e. The summed E-state index contributed by atoms with van der Waals surface area (Å²) in [5, 5.41) is 11.0. The minimum Gasteiger partial charge on any atom is -0.548 e. The predicted molar refractivity (Wildman–Crippen MR) is 93.6 cm³/mol. The van der Waals surface area contributed by atoms with Crippen molar-refractivity contribution in [3.8, 4) is 11.3 Å². The number of halogens is 1. The molecular weight excluding hydrogens is 365 g/mol. The van der Waals surface area contributed by atoms with Gasteiger partial charge in [-0.2, -0.15) is 0 Å². The van der Waals surface area contributed by atoms with Crippen LogP contribution < -0.4 is 5.11 Å². The van der Waals surface area contributed by atoms with Crippen molar-refractivity contribution in [2.45, 2.75) is 13.0 Å². The lowest BCUT2D eigenvalue weighted by atomic mass is 10.2. The third kappa shape index (κ3) is 3.49. The zero-order valence-electron chi connectivity index (χ0n) is 12.9. The highest BCUT2D eigenvalue weighted by molar-refractivity contribution is 8.26. The molecule has 25 heavy (non-hydrogen) atoms. The van der Waals surface area contributed by atoms with Gasteiger partial charge in [0.05, 0.1) is 16.9 Å². The van der Waals surface area contributed by atoms with Gasteiger partial charge in [-0.3, -0.25) is 9.69 Å². The molecule has 0 N–H and O–H groups in total. The van der Waals surface area contributed by atoms with E-state index in [9.17, 15) is 19.1 Å². The molecule has 2 aromatic rings. The van der Waals surface area contributed by atoms with Crippen molar-refractivity contribution < 1.29 is 23.5 Å². The second kappa shape index (κ2) is 6.81. The van der Waals surface area contributed by atoms with E-state index in [2.05, 4.69) is 0 Å². The summed E-state index contributed by atoms with van der Waals surface area (Å²) in [6.45, 7) is 1.34. The molecule has 1 fully saturated rings. The fraction of sp³-hybridized carbons (Fsp3) is 0.118. The molecule has 8 heteroatoms. The van der Waals surface area contributed by atoms with Crippen LogP contribution in [0.3, 0.4) is 0 Å². The molecule has 1 amide bonds. The molecule has 1 aromatic heterocycles. The Morgan fingerprint density at radius 2 is 2.00 bits per heavy atom. The van der Waals surface area contributed by atoms with Crippen LogP contribution in [0.2, 0.25) is 0 Å². The maximum atomic E-state index is 13.0. The lowest BCUT2D eigenvalue weighted by molar-refractivity contribution is -0.309. The molecule has 0 bridgehead atoms. The molecule has 5 nitrogen and oxygen atoms in total. The number of rotatable bonds is 4. The topological polar surface area (TPSA) is 73.6 Å². The van der Waals surface area contributed by atoms with Crippen LogP contribution >= 0.6 is 24.0 Å². The van der Waals surface area contributed by atoms with Crippen LogP contribution in [0.25, 0.3) is 17.4 Å². The minimum absolute atomic E-state index is 0.151. The number of thiocarbonyl (C=S) groups is 1. The molecule has 0 aliphatic carbocycles. The zero-order chi connectivity index (χ0) is 18.1. The van der Waals surface area contributed by atoms with Crippen molar-refractivity contribution in [3.63, 3.8) is 0 Å². The van der Waals surface area contributed by atoms with Crippen molar-refractivity contribution in [2.75, 3.05) is 0 Å². The normalized spacial score (nSPS) is 17.4. The number of carboxylic acids is 1. The fourth-order valence-corrected chi connectivity index (χ4v) is 3.65. The Hall–Kier alpha value is -2.45. The first kappa shape index (κ1) is 17.4. The van der Waals surface area contributed by atoms with Crippen LogP contribution in [0, 0.1) is 5.82 Å². The van der Waals surface area contributed by atoms with Gasteiger partial charge in [0.15, 0.2) is 0 Å². The molecule has 0 radical (unpaired) electrons. The van der Waals surface area contributed by atoms with Gasteiger partial charge < -0.3 is 14.3 Å². The standard InChI is InChI=1S/C17H12FNO4S2/c1-9(16(21)22)19-15(20)14(25-17(19)24)8-12-6-7-13(23-12)10-2-4-11(18)5-3-10/h2-9H,1H3,(H,21,22)/p-1/b14-8+/t9-/m0/s1. The van der Waals surface area contributed by atoms with Crippen LogP contribution in [-0.2, 0) is 9.59 Å². The van der Waals surface area contributed by atoms with E-state index in [4.69, 9.17) is 16.6 Å². The monoisotopic (exact) mass is 376 g/mol. The lowest BCUT2D eigenvalue weighted by Gasteiger charge is -2.23. The highest BCUT2D eigenvalue weighted by atomic mass is 32.2. The summed E-state index contributed by atoms with van der Waals surface area (Å²) in [6.07, 6.45) is 1.49. The summed E-state index contributed by atoms with van der Waals surface area (Å²) in [5.41, 5.74) is 0.694. The van der Waals surface area contributed by atoms with E-state index >= 15 is 0 Å². The number of nitrogens with zero attached hydrogens (tertiary/aromatic N) is 1. The first-order valence-electron chi connectivity index (χ1n) is 7.20. The Kier molecular flexibility index (Phi) is 4.73. The van der Waals surface area contributed by atoms with Crippen LogP contribution in [0.5, 0.6) is 0 Å². The molecule has 1 aliphatic rings. The van der Waals surface area contributed by atoms with Gasteiger partial charge in [-0.1, -0.05) is 24.0 Å². The highest BCUT2D eigenvalue weighted by Crippen LogP contribution is 2.34. The third-order valence-corrected chi connectivity index (χ3v) is 4.91. The van der Waals surface area contributed by atoms with Gasteiger partial charge in [0.25, 0.3) is 5.91 Å². The van der Waals surface area contributed by atoms with Gasteiger partial charge in [0, 0.05) is 11.6 Å². The Balaban J connectivity index is 1.84. The van der Waals surface area contributed by atoms with Crippen molar-refractivity contribution in [1.82, 2.24) is 4.90 Å². The van der Waals surface area contributed by atoms with Gasteiger partial charge >= 0.3 is 0 Å². The number of hydrogen-bond donors (Lipinski definition) is 0. The number of benzene rings is 1. The number of carbonyl (C=O) groups is 2. The van der Waals surface area contributed by atoms with Gasteiger partial charge in [0.2, 0.25) is 0 Å². The molecule has 128 valence electrons. The van der Waals surface area contributed by atoms with Gasteiger partial charge in [-0.15, -0.1) is 0 Å². The van der Waals surface area contributed by atoms with Gasteiger partial charge in [0.1, 0.15) is 21.7 Å². The number of hydrogen-bond acceptors (Lipinski definition) is 6. The third-order valence-electron chi connectivity index (χ3n) is 3.58. The van der Waals surface area contributed by atoms with E-state index in [0.29, 0.717) is 17.1 Å². The SMILES string of the molecule is C[C@@H](C(=O)[O-])N1C(=O)/C(=C\c2ccc(-c3ccc(F)cc3)o2)SC1=S. The molecular formula is C17H11FNO4S2-. The number of aliphatic carboxylic acids is 1. The summed E-state index contributed by atoms with van der Waals surface area (Å²) in [5.74, 6) is -1.31. The largest absolute Gasteiger partial charge is 0.548 e. The van der Waals surface area contributed by atoms with Gasteiger partial charge in [-0.25, -0.2) is 4.39 Å². The number of furan rings is 1. The number of thioether (sulfide) groups is 1. The van der Waals surface area contributed by atoms with E-state index in [1.165, 1.54) is 25.1 Å². The fourth-order valence-electron chi connectivity index (χ4n) is 2.25. The summed E-state index contributed by atoms with van der Waals surface area (Å²) < 4.78 is 18.8. The first-order chi connectivity index (χ1) is 11.9. The minimum atomic E-state index is -1.38. The molecule has 0 spiro atoms. The average molecular weight is 376 g/mol. The highest BCUT2D eigenvalue weighted by Gasteiger charge is 2.36. The second-order valence-corrected chi connectivity index (χ2v) is 6.93. The van der Waals surface area contributed by atoms with E-state index in [-0.39, 0.29) is 15.0 Å². The van der Waals surface area contributed by atoms with E-state index in [1.807, 2.05) is 0 Å². The predicted octanol–water partition coefficient (Wildman–Crippen LogP) is 2.43. The van der Waals surface area contributed by atoms with Crippen LogP contribution in [0.1, 0.15) is 12.7 Å². The Morgan fingerprint density at radius 1 is 1.32 bits per heavy atom. The maximum absolute atomic E-state index is 13.0. The lowest BCUT2D eigenvalue weighted by Crippen LogP contribution is -2.48. The van der Waals surface area contributed by atoms with E-state index in [0.717, 1.165) is 16.7 Å². The van der Waals surface area contributed by atoms with Crippen molar-refractivity contribution in [3.05, 3.63) is 52.9 Å². The molecule has 1 saturated heterocycles. The summed E-state index contributed by atoms with van der Waals surface area (Å²) in [6, 6.07) is 8.02. The van der Waals surface area contributed by atoms with Crippen LogP contribution in [0.4, 0.5) is 4.39 Å². The Morgan fingerprint density at radius 3 is 2.64 bits per heavy atom. The number of carboxylic acid groups (broad SMARTS) is 1. The molecule has 1 aromatic carbocycles. The van der Waals surface area contributed by atoms with E-state index < -0.39 is 17.9 Å². The zero-order valence-corrected chi connectivity index (χ0v) is 14.5.